The highest BCUT2D eigenvalue weighted by molar-refractivity contribution is 6.31. The van der Waals surface area contributed by atoms with Crippen LogP contribution < -0.4 is 21.6 Å². The maximum Gasteiger partial charge on any atom is 0.404 e. The van der Waals surface area contributed by atoms with Gasteiger partial charge in [-0.05, 0) is 49.2 Å². The number of anilines is 1. The monoisotopic (exact) mass is 439 g/mol. The van der Waals surface area contributed by atoms with E-state index in [2.05, 4.69) is 32.9 Å². The van der Waals surface area contributed by atoms with Crippen molar-refractivity contribution >= 4 is 34.3 Å². The third-order valence-electron chi connectivity index (χ3n) is 4.28. The van der Waals surface area contributed by atoms with Gasteiger partial charge in [-0.2, -0.15) is 4.68 Å². The maximum absolute atomic E-state index is 13.0. The molecule has 3 rings (SSSR count). The quantitative estimate of drug-likeness (QED) is 0.317. The summed E-state index contributed by atoms with van der Waals surface area (Å²) < 4.78 is 1.34. The summed E-state index contributed by atoms with van der Waals surface area (Å²) in [6.07, 6.45) is 0.208. The van der Waals surface area contributed by atoms with Crippen LogP contribution in [0.15, 0.2) is 53.3 Å². The number of carboxylic acid groups (broad SMARTS) is 1. The van der Waals surface area contributed by atoms with Crippen LogP contribution in [0, 0.1) is 11.8 Å². The average molecular weight is 440 g/mol. The molecule has 1 aromatic heterocycles. The van der Waals surface area contributed by atoms with Crippen molar-refractivity contribution in [3.63, 3.8) is 0 Å². The van der Waals surface area contributed by atoms with E-state index in [0.29, 0.717) is 48.4 Å². The molecule has 8 nitrogen and oxygen atoms in total. The van der Waals surface area contributed by atoms with Gasteiger partial charge in [0.15, 0.2) is 0 Å². The number of hydrogen-bond acceptors (Lipinski definition) is 5. The van der Waals surface area contributed by atoms with Gasteiger partial charge in [0.05, 0.1) is 16.6 Å². The van der Waals surface area contributed by atoms with Crippen LogP contribution in [0.25, 0.3) is 10.9 Å². The second-order valence-corrected chi connectivity index (χ2v) is 7.04. The normalized spacial score (nSPS) is 10.4. The van der Waals surface area contributed by atoms with Gasteiger partial charge < -0.3 is 15.7 Å². The van der Waals surface area contributed by atoms with Crippen LogP contribution in [-0.4, -0.2) is 40.5 Å². The first-order chi connectivity index (χ1) is 15.0. The summed E-state index contributed by atoms with van der Waals surface area (Å²) in [5, 5.41) is 15.0. The number of amides is 1. The van der Waals surface area contributed by atoms with Gasteiger partial charge >= 0.3 is 6.09 Å². The van der Waals surface area contributed by atoms with E-state index >= 15 is 0 Å². The molecule has 0 aliphatic heterocycles. The molecular formula is C22H22ClN5O3. The molecule has 3 aromatic rings. The fraction of sp³-hybridized carbons (Fsp3) is 0.227. The topological polar surface area (TPSA) is 108 Å². The zero-order valence-electron chi connectivity index (χ0n) is 16.7. The van der Waals surface area contributed by atoms with Crippen molar-refractivity contribution in [3.05, 3.63) is 69.7 Å². The lowest BCUT2D eigenvalue weighted by Crippen LogP contribution is -2.30. The number of benzene rings is 2. The number of nitrogens with zero attached hydrogens (tertiary/aromatic N) is 2. The summed E-state index contributed by atoms with van der Waals surface area (Å²) in [5.41, 5.74) is 4.02. The van der Waals surface area contributed by atoms with Crippen LogP contribution in [0.2, 0.25) is 5.02 Å². The lowest BCUT2D eigenvalue weighted by molar-refractivity contribution is 0.194. The first-order valence-corrected chi connectivity index (χ1v) is 10.1. The highest BCUT2D eigenvalue weighted by atomic mass is 35.5. The number of rotatable bonds is 8. The van der Waals surface area contributed by atoms with Crippen molar-refractivity contribution in [1.29, 1.82) is 0 Å². The molecule has 0 aliphatic carbocycles. The van der Waals surface area contributed by atoms with E-state index in [-0.39, 0.29) is 11.4 Å². The molecule has 9 heteroatoms. The van der Waals surface area contributed by atoms with Crippen molar-refractivity contribution in [2.75, 3.05) is 25.1 Å². The molecule has 0 unspecified atom stereocenters. The van der Waals surface area contributed by atoms with E-state index in [1.165, 1.54) is 4.68 Å². The van der Waals surface area contributed by atoms with Crippen molar-refractivity contribution in [2.24, 2.45) is 0 Å². The smallest absolute Gasteiger partial charge is 0.404 e. The number of para-hydroxylation sites is 1. The number of fused-ring (bicyclic) bond motifs is 1. The maximum atomic E-state index is 13.0. The van der Waals surface area contributed by atoms with Crippen LogP contribution >= 0.6 is 11.6 Å². The Morgan fingerprint density at radius 2 is 1.94 bits per heavy atom. The first kappa shape index (κ1) is 22.2. The van der Waals surface area contributed by atoms with E-state index in [4.69, 9.17) is 16.7 Å². The van der Waals surface area contributed by atoms with Gasteiger partial charge in [0, 0.05) is 24.5 Å². The highest BCUT2D eigenvalue weighted by Gasteiger charge is 2.10. The van der Waals surface area contributed by atoms with E-state index < -0.39 is 6.09 Å². The van der Waals surface area contributed by atoms with Gasteiger partial charge in [0.2, 0.25) is 5.82 Å². The Kier molecular flexibility index (Phi) is 7.87. The van der Waals surface area contributed by atoms with Crippen LogP contribution in [0.5, 0.6) is 0 Å². The summed E-state index contributed by atoms with van der Waals surface area (Å²) >= 11 is 6.06. The summed E-state index contributed by atoms with van der Waals surface area (Å²) in [6, 6.07) is 14.3. The van der Waals surface area contributed by atoms with E-state index in [0.717, 1.165) is 5.69 Å². The Bertz CT molecular complexity index is 1170. The van der Waals surface area contributed by atoms with Crippen molar-refractivity contribution in [1.82, 2.24) is 20.3 Å². The predicted molar refractivity (Wildman–Crippen MR) is 121 cm³/mol. The molecule has 0 fully saturated rings. The molecule has 0 spiro atoms. The van der Waals surface area contributed by atoms with Gasteiger partial charge in [0.25, 0.3) is 5.56 Å². The number of halogens is 1. The Morgan fingerprint density at radius 3 is 2.71 bits per heavy atom. The average Bonchev–Trinajstić information content (AvgIpc) is 2.75. The van der Waals surface area contributed by atoms with Crippen LogP contribution in [-0.2, 0) is 0 Å². The summed E-state index contributed by atoms with van der Waals surface area (Å²) in [7, 11) is 0. The van der Waals surface area contributed by atoms with Gasteiger partial charge in [-0.1, -0.05) is 35.7 Å². The predicted octanol–water partition coefficient (Wildman–Crippen LogP) is 2.91. The van der Waals surface area contributed by atoms with Crippen molar-refractivity contribution < 1.29 is 9.90 Å². The molecule has 0 radical (unpaired) electrons. The fourth-order valence-electron chi connectivity index (χ4n) is 2.81. The molecule has 0 aliphatic rings. The molecule has 0 atom stereocenters. The number of carbonyl (C=O) groups is 1. The first-order valence-electron chi connectivity index (χ1n) is 9.75. The zero-order valence-corrected chi connectivity index (χ0v) is 17.4. The van der Waals surface area contributed by atoms with Gasteiger partial charge in [-0.15, -0.1) is 0 Å². The molecule has 0 saturated carbocycles. The van der Waals surface area contributed by atoms with Crippen LogP contribution in [0.1, 0.15) is 18.7 Å². The molecule has 0 saturated heterocycles. The number of hydrogen-bond donors (Lipinski definition) is 4. The third kappa shape index (κ3) is 6.47. The fourth-order valence-corrected chi connectivity index (χ4v) is 2.98. The SMILES string of the molecule is O=C(O)NCCCNCCC#Cc1nc2cc(Cl)ccc2c(=O)n1Nc1ccccc1. The third-order valence-corrected chi connectivity index (χ3v) is 4.51. The second kappa shape index (κ2) is 11.0. The van der Waals surface area contributed by atoms with E-state index in [1.807, 2.05) is 30.3 Å². The Hall–Kier alpha value is -3.54. The Labute approximate surface area is 184 Å². The van der Waals surface area contributed by atoms with Gasteiger partial charge in [-0.3, -0.25) is 10.2 Å². The second-order valence-electron chi connectivity index (χ2n) is 6.60. The molecule has 0 bridgehead atoms. The highest BCUT2D eigenvalue weighted by Crippen LogP contribution is 2.15. The minimum Gasteiger partial charge on any atom is -0.465 e. The standard InChI is InChI=1S/C22H22ClN5O3/c23-16-10-11-18-19(15-16)26-20(9-4-5-12-24-13-6-14-25-22(30)31)28(21(18)29)27-17-7-2-1-3-8-17/h1-3,7-8,10-11,15,24-25,27H,5-6,12-14H2,(H,30,31). The van der Waals surface area contributed by atoms with Gasteiger partial charge in [-0.25, -0.2) is 9.78 Å². The molecule has 2 aromatic carbocycles. The molecule has 160 valence electrons. The lowest BCUT2D eigenvalue weighted by atomic mass is 10.2. The number of aromatic nitrogens is 2. The Morgan fingerprint density at radius 1 is 1.13 bits per heavy atom. The largest absolute Gasteiger partial charge is 0.465 e. The molecule has 31 heavy (non-hydrogen) atoms. The van der Waals surface area contributed by atoms with E-state index in [1.54, 1.807) is 18.2 Å². The van der Waals surface area contributed by atoms with Crippen LogP contribution in [0.4, 0.5) is 10.5 Å². The lowest BCUT2D eigenvalue weighted by Gasteiger charge is -2.12. The summed E-state index contributed by atoms with van der Waals surface area (Å²) in [4.78, 5) is 27.9. The van der Waals surface area contributed by atoms with Crippen molar-refractivity contribution in [2.45, 2.75) is 12.8 Å². The van der Waals surface area contributed by atoms with Gasteiger partial charge in [0.1, 0.15) is 0 Å². The summed E-state index contributed by atoms with van der Waals surface area (Å²) in [5.74, 6) is 6.28. The van der Waals surface area contributed by atoms with Crippen LogP contribution in [0.3, 0.4) is 0 Å². The summed E-state index contributed by atoms with van der Waals surface area (Å²) in [6.45, 7) is 1.71. The minimum absolute atomic E-state index is 0.265. The molecule has 4 N–H and O–H groups in total. The Balaban J connectivity index is 1.74. The minimum atomic E-state index is -1.02. The molecular weight excluding hydrogens is 418 g/mol. The zero-order chi connectivity index (χ0) is 22.1. The van der Waals surface area contributed by atoms with Crippen molar-refractivity contribution in [3.8, 4) is 11.8 Å². The molecule has 1 amide bonds. The molecule has 1 heterocycles. The number of nitrogens with one attached hydrogen (secondary N) is 3. The van der Waals surface area contributed by atoms with E-state index in [9.17, 15) is 9.59 Å².